The molecule has 1 nitrogen and oxygen atoms in total. The SMILES string of the molecule is O=[C]C1CCCCCCCCCCCCCC1. The molecular formula is C16H29O. The number of hydrogen-bond donors (Lipinski definition) is 0. The molecule has 1 fully saturated rings. The van der Waals surface area contributed by atoms with Crippen LogP contribution in [0.5, 0.6) is 0 Å². The lowest BCUT2D eigenvalue weighted by atomic mass is 9.96. The highest BCUT2D eigenvalue weighted by Crippen LogP contribution is 2.19. The molecule has 0 heterocycles. The van der Waals surface area contributed by atoms with Crippen LogP contribution in [0.3, 0.4) is 0 Å². The molecule has 0 saturated heterocycles. The van der Waals surface area contributed by atoms with Crippen molar-refractivity contribution in [2.75, 3.05) is 0 Å². The lowest BCUT2D eigenvalue weighted by Crippen LogP contribution is -2.02. The molecule has 1 aliphatic carbocycles. The van der Waals surface area contributed by atoms with Gasteiger partial charge in [-0.25, -0.2) is 0 Å². The molecule has 1 rings (SSSR count). The van der Waals surface area contributed by atoms with Crippen LogP contribution in [0.4, 0.5) is 0 Å². The summed E-state index contributed by atoms with van der Waals surface area (Å²) in [6.07, 6.45) is 20.8. The van der Waals surface area contributed by atoms with Gasteiger partial charge in [0.25, 0.3) is 0 Å². The molecular weight excluding hydrogens is 208 g/mol. The lowest BCUT2D eigenvalue weighted by molar-refractivity contribution is 0.454. The van der Waals surface area contributed by atoms with Crippen LogP contribution in [-0.4, -0.2) is 6.29 Å². The average Bonchev–Trinajstić information content (AvgIpc) is 2.36. The molecule has 1 aliphatic rings. The highest BCUT2D eigenvalue weighted by molar-refractivity contribution is 5.54. The molecule has 0 unspecified atom stereocenters. The molecule has 0 aliphatic heterocycles. The minimum absolute atomic E-state index is 0.236. The predicted octanol–water partition coefficient (Wildman–Crippen LogP) is 5.19. The van der Waals surface area contributed by atoms with Gasteiger partial charge in [-0.3, -0.25) is 4.79 Å². The van der Waals surface area contributed by atoms with E-state index >= 15 is 0 Å². The van der Waals surface area contributed by atoms with Crippen molar-refractivity contribution in [3.63, 3.8) is 0 Å². The van der Waals surface area contributed by atoms with Crippen LogP contribution in [0.2, 0.25) is 0 Å². The van der Waals surface area contributed by atoms with Crippen LogP contribution >= 0.6 is 0 Å². The van der Waals surface area contributed by atoms with E-state index in [-0.39, 0.29) is 5.92 Å². The minimum atomic E-state index is 0.236. The quantitative estimate of drug-likeness (QED) is 0.613. The third-order valence-corrected chi connectivity index (χ3v) is 4.02. The molecule has 0 N–H and O–H groups in total. The molecule has 0 spiro atoms. The summed E-state index contributed by atoms with van der Waals surface area (Å²) in [6.45, 7) is 0. The maximum Gasteiger partial charge on any atom is 0.201 e. The highest BCUT2D eigenvalue weighted by atomic mass is 16.1. The summed E-state index contributed by atoms with van der Waals surface area (Å²) >= 11 is 0. The Kier molecular flexibility index (Phi) is 9.36. The van der Waals surface area contributed by atoms with E-state index in [1.807, 2.05) is 0 Å². The van der Waals surface area contributed by atoms with Gasteiger partial charge in [0.2, 0.25) is 6.29 Å². The molecule has 0 aromatic rings. The molecule has 1 radical (unpaired) electrons. The van der Waals surface area contributed by atoms with Crippen molar-refractivity contribution in [2.45, 2.75) is 89.9 Å². The van der Waals surface area contributed by atoms with E-state index in [4.69, 9.17) is 0 Å². The number of carbonyl (C=O) groups excluding carboxylic acids is 1. The molecule has 1 saturated carbocycles. The Balaban J connectivity index is 2.19. The second-order valence-electron chi connectivity index (χ2n) is 5.63. The second-order valence-corrected chi connectivity index (χ2v) is 5.63. The number of hydrogen-bond acceptors (Lipinski definition) is 1. The van der Waals surface area contributed by atoms with Crippen LogP contribution in [0.25, 0.3) is 0 Å². The first-order valence-corrected chi connectivity index (χ1v) is 7.81. The van der Waals surface area contributed by atoms with Crippen LogP contribution in [0, 0.1) is 5.92 Å². The van der Waals surface area contributed by atoms with Crippen LogP contribution in [0.15, 0.2) is 0 Å². The summed E-state index contributed by atoms with van der Waals surface area (Å²) in [5.41, 5.74) is 0. The van der Waals surface area contributed by atoms with E-state index < -0.39 is 0 Å². The Labute approximate surface area is 107 Å². The Morgan fingerprint density at radius 3 is 1.12 bits per heavy atom. The molecule has 0 aromatic carbocycles. The van der Waals surface area contributed by atoms with Gasteiger partial charge in [0.15, 0.2) is 0 Å². The average molecular weight is 237 g/mol. The summed E-state index contributed by atoms with van der Waals surface area (Å²) in [4.78, 5) is 10.8. The van der Waals surface area contributed by atoms with Crippen molar-refractivity contribution in [3.8, 4) is 0 Å². The van der Waals surface area contributed by atoms with Crippen molar-refractivity contribution < 1.29 is 4.79 Å². The van der Waals surface area contributed by atoms with E-state index in [9.17, 15) is 4.79 Å². The van der Waals surface area contributed by atoms with Gasteiger partial charge in [-0.05, 0) is 12.8 Å². The predicted molar refractivity (Wildman–Crippen MR) is 73.8 cm³/mol. The summed E-state index contributed by atoms with van der Waals surface area (Å²) in [5, 5.41) is 0. The smallest absolute Gasteiger partial charge is 0.201 e. The fraction of sp³-hybridized carbons (Fsp3) is 0.938. The van der Waals surface area contributed by atoms with E-state index in [1.54, 1.807) is 0 Å². The number of rotatable bonds is 1. The third-order valence-electron chi connectivity index (χ3n) is 4.02. The molecule has 0 amide bonds. The van der Waals surface area contributed by atoms with Crippen molar-refractivity contribution in [1.29, 1.82) is 0 Å². The van der Waals surface area contributed by atoms with Gasteiger partial charge < -0.3 is 0 Å². The first-order valence-electron chi connectivity index (χ1n) is 7.81. The zero-order chi connectivity index (χ0) is 12.2. The van der Waals surface area contributed by atoms with Crippen LogP contribution in [0.1, 0.15) is 89.9 Å². The topological polar surface area (TPSA) is 17.1 Å². The van der Waals surface area contributed by atoms with Gasteiger partial charge in [-0.2, -0.15) is 0 Å². The summed E-state index contributed by atoms with van der Waals surface area (Å²) in [7, 11) is 0. The fourth-order valence-corrected chi connectivity index (χ4v) is 2.81. The molecule has 17 heavy (non-hydrogen) atoms. The standard InChI is InChI=1S/C16H29O/c17-15-16-13-11-9-7-5-3-1-2-4-6-8-10-12-14-16/h16H,1-14H2. The Morgan fingerprint density at radius 2 is 0.824 bits per heavy atom. The summed E-state index contributed by atoms with van der Waals surface area (Å²) < 4.78 is 0. The molecule has 0 atom stereocenters. The summed E-state index contributed by atoms with van der Waals surface area (Å²) in [6, 6.07) is 0. The van der Waals surface area contributed by atoms with E-state index in [0.717, 1.165) is 12.8 Å². The van der Waals surface area contributed by atoms with E-state index in [2.05, 4.69) is 6.29 Å². The van der Waals surface area contributed by atoms with Gasteiger partial charge in [-0.15, -0.1) is 0 Å². The van der Waals surface area contributed by atoms with Gasteiger partial charge in [0, 0.05) is 5.92 Å². The fourth-order valence-electron chi connectivity index (χ4n) is 2.81. The zero-order valence-electron chi connectivity index (χ0n) is 11.4. The minimum Gasteiger partial charge on any atom is -0.291 e. The maximum atomic E-state index is 10.8. The third kappa shape index (κ3) is 8.40. The van der Waals surface area contributed by atoms with Crippen LogP contribution in [-0.2, 0) is 4.79 Å². The van der Waals surface area contributed by atoms with Gasteiger partial charge in [0.1, 0.15) is 0 Å². The van der Waals surface area contributed by atoms with Crippen molar-refractivity contribution in [3.05, 3.63) is 0 Å². The van der Waals surface area contributed by atoms with Crippen LogP contribution < -0.4 is 0 Å². The Bertz CT molecular complexity index is 160. The first kappa shape index (κ1) is 14.7. The summed E-state index contributed by atoms with van der Waals surface area (Å²) in [5.74, 6) is 0.236. The largest absolute Gasteiger partial charge is 0.291 e. The normalized spacial score (nSPS) is 23.5. The van der Waals surface area contributed by atoms with Gasteiger partial charge in [0.05, 0.1) is 0 Å². The van der Waals surface area contributed by atoms with Gasteiger partial charge in [-0.1, -0.05) is 77.0 Å². The molecule has 1 heteroatoms. The first-order chi connectivity index (χ1) is 8.43. The molecule has 0 aromatic heterocycles. The monoisotopic (exact) mass is 237 g/mol. The maximum absolute atomic E-state index is 10.8. The Morgan fingerprint density at radius 1 is 0.529 bits per heavy atom. The molecule has 0 bridgehead atoms. The van der Waals surface area contributed by atoms with Gasteiger partial charge >= 0.3 is 0 Å². The lowest BCUT2D eigenvalue weighted by Gasteiger charge is -2.08. The highest BCUT2D eigenvalue weighted by Gasteiger charge is 2.08. The van der Waals surface area contributed by atoms with Crippen molar-refractivity contribution >= 4 is 6.29 Å². The second kappa shape index (κ2) is 10.8. The molecule has 99 valence electrons. The zero-order valence-corrected chi connectivity index (χ0v) is 11.4. The van der Waals surface area contributed by atoms with E-state index in [1.165, 1.54) is 77.0 Å². The Hall–Kier alpha value is -0.330. The van der Waals surface area contributed by atoms with E-state index in [0.29, 0.717) is 0 Å². The van der Waals surface area contributed by atoms with Crippen molar-refractivity contribution in [2.24, 2.45) is 5.92 Å². The van der Waals surface area contributed by atoms with Crippen molar-refractivity contribution in [1.82, 2.24) is 0 Å².